The number of nitrogens with zero attached hydrogens (tertiary/aromatic N) is 3. The van der Waals surface area contributed by atoms with Gasteiger partial charge in [0.25, 0.3) is 0 Å². The summed E-state index contributed by atoms with van der Waals surface area (Å²) in [6.45, 7) is 9.30. The van der Waals surface area contributed by atoms with Gasteiger partial charge in [-0.05, 0) is 44.7 Å². The molecule has 1 saturated heterocycles. The van der Waals surface area contributed by atoms with E-state index in [1.54, 1.807) is 0 Å². The van der Waals surface area contributed by atoms with Gasteiger partial charge in [0.1, 0.15) is 5.82 Å². The fourth-order valence-electron chi connectivity index (χ4n) is 3.01. The minimum absolute atomic E-state index is 0.397. The van der Waals surface area contributed by atoms with Crippen LogP contribution in [-0.4, -0.2) is 53.9 Å². The summed E-state index contributed by atoms with van der Waals surface area (Å²) in [5.74, 6) is 1.86. The van der Waals surface area contributed by atoms with Crippen LogP contribution in [0.15, 0.2) is 29.4 Å². The molecular weight excluding hydrogens is 314 g/mol. The van der Waals surface area contributed by atoms with Gasteiger partial charge in [-0.1, -0.05) is 19.9 Å². The molecule has 6 nitrogen and oxygen atoms in total. The lowest BCUT2D eigenvalue weighted by Crippen LogP contribution is -2.49. The second-order valence-electron chi connectivity index (χ2n) is 6.72. The third-order valence-electron chi connectivity index (χ3n) is 5.00. The molecule has 0 aliphatic carbocycles. The monoisotopic (exact) mass is 347 g/mol. The predicted molar refractivity (Wildman–Crippen MR) is 104 cm³/mol. The van der Waals surface area contributed by atoms with E-state index in [4.69, 9.17) is 0 Å². The predicted octanol–water partition coefficient (Wildman–Crippen LogP) is 2.16. The number of anilines is 1. The van der Waals surface area contributed by atoms with Crippen molar-refractivity contribution >= 4 is 11.8 Å². The molecular formula is C19H33N5O. The number of aliphatic hydroxyl groups is 1. The highest BCUT2D eigenvalue weighted by atomic mass is 16.3. The number of aliphatic imine (C=N–C) groups is 1. The van der Waals surface area contributed by atoms with Crippen LogP contribution in [0.4, 0.5) is 5.82 Å². The number of rotatable bonds is 7. The van der Waals surface area contributed by atoms with Crippen molar-refractivity contribution in [1.29, 1.82) is 0 Å². The van der Waals surface area contributed by atoms with E-state index >= 15 is 0 Å². The SMILES string of the molecule is CCNC(=NCC(O)(CC)CC)NC1CCN(c2ccccn2)CC1. The maximum absolute atomic E-state index is 10.4. The Kier molecular flexibility index (Phi) is 7.50. The molecule has 1 aromatic rings. The molecule has 1 aliphatic heterocycles. The molecule has 0 saturated carbocycles. The van der Waals surface area contributed by atoms with Gasteiger partial charge in [-0.25, -0.2) is 4.98 Å². The van der Waals surface area contributed by atoms with E-state index in [0.29, 0.717) is 12.6 Å². The van der Waals surface area contributed by atoms with Crippen molar-refractivity contribution in [2.45, 2.75) is 58.1 Å². The summed E-state index contributed by atoms with van der Waals surface area (Å²) in [5, 5.41) is 17.3. The van der Waals surface area contributed by atoms with Crippen LogP contribution in [0.2, 0.25) is 0 Å². The third kappa shape index (κ3) is 5.88. The maximum atomic E-state index is 10.4. The molecule has 1 aliphatic rings. The van der Waals surface area contributed by atoms with Crippen molar-refractivity contribution in [2.75, 3.05) is 31.1 Å². The van der Waals surface area contributed by atoms with Crippen LogP contribution in [0.25, 0.3) is 0 Å². The normalized spacial score (nSPS) is 16.8. The summed E-state index contributed by atoms with van der Waals surface area (Å²) in [6.07, 6.45) is 5.38. The van der Waals surface area contributed by atoms with Crippen LogP contribution in [0, 0.1) is 0 Å². The van der Waals surface area contributed by atoms with Crippen LogP contribution in [0.5, 0.6) is 0 Å². The lowest BCUT2D eigenvalue weighted by atomic mass is 9.98. The van der Waals surface area contributed by atoms with E-state index in [9.17, 15) is 5.11 Å². The number of aromatic nitrogens is 1. The lowest BCUT2D eigenvalue weighted by molar-refractivity contribution is 0.0417. The van der Waals surface area contributed by atoms with Crippen molar-refractivity contribution in [3.63, 3.8) is 0 Å². The molecule has 1 aromatic heterocycles. The Labute approximate surface area is 151 Å². The maximum Gasteiger partial charge on any atom is 0.191 e. The van der Waals surface area contributed by atoms with Crippen LogP contribution >= 0.6 is 0 Å². The zero-order chi connectivity index (χ0) is 18.1. The van der Waals surface area contributed by atoms with Gasteiger partial charge in [-0.15, -0.1) is 0 Å². The number of pyridine rings is 1. The number of hydrogen-bond donors (Lipinski definition) is 3. The zero-order valence-electron chi connectivity index (χ0n) is 15.8. The van der Waals surface area contributed by atoms with Gasteiger partial charge in [-0.2, -0.15) is 0 Å². The van der Waals surface area contributed by atoms with E-state index in [1.165, 1.54) is 0 Å². The number of piperidine rings is 1. The lowest BCUT2D eigenvalue weighted by Gasteiger charge is -2.34. The molecule has 0 bridgehead atoms. The highest BCUT2D eigenvalue weighted by Gasteiger charge is 2.23. The van der Waals surface area contributed by atoms with E-state index < -0.39 is 5.60 Å². The Balaban J connectivity index is 1.88. The number of hydrogen-bond acceptors (Lipinski definition) is 4. The fraction of sp³-hybridized carbons (Fsp3) is 0.684. The van der Waals surface area contributed by atoms with Crippen LogP contribution in [0.1, 0.15) is 46.5 Å². The quantitative estimate of drug-likeness (QED) is 0.521. The van der Waals surface area contributed by atoms with E-state index in [0.717, 1.165) is 57.1 Å². The van der Waals surface area contributed by atoms with Crippen molar-refractivity contribution in [1.82, 2.24) is 15.6 Å². The molecule has 3 N–H and O–H groups in total. The standard InChI is InChI=1S/C19H33N5O/c1-4-19(25,5-2)15-22-18(20-6-3)23-16-10-13-24(14-11-16)17-9-7-8-12-21-17/h7-9,12,16,25H,4-6,10-11,13-15H2,1-3H3,(H2,20,22,23). The average Bonchev–Trinajstić information content (AvgIpc) is 2.67. The van der Waals surface area contributed by atoms with Gasteiger partial charge in [0.05, 0.1) is 12.1 Å². The molecule has 0 radical (unpaired) electrons. The first-order valence-electron chi connectivity index (χ1n) is 9.53. The molecule has 1 fully saturated rings. The summed E-state index contributed by atoms with van der Waals surface area (Å²) in [5.41, 5.74) is -0.704. The second-order valence-corrected chi connectivity index (χ2v) is 6.72. The Morgan fingerprint density at radius 1 is 1.28 bits per heavy atom. The highest BCUT2D eigenvalue weighted by molar-refractivity contribution is 5.80. The van der Waals surface area contributed by atoms with Gasteiger partial charge in [0.15, 0.2) is 5.96 Å². The average molecular weight is 348 g/mol. The van der Waals surface area contributed by atoms with Crippen molar-refractivity contribution in [3.05, 3.63) is 24.4 Å². The summed E-state index contributed by atoms with van der Waals surface area (Å²) >= 11 is 0. The summed E-state index contributed by atoms with van der Waals surface area (Å²) in [4.78, 5) is 11.4. The van der Waals surface area contributed by atoms with Gasteiger partial charge in [-0.3, -0.25) is 4.99 Å². The number of nitrogens with one attached hydrogen (secondary N) is 2. The van der Waals surface area contributed by atoms with Gasteiger partial charge in [0, 0.05) is 31.9 Å². The van der Waals surface area contributed by atoms with E-state index in [1.807, 2.05) is 32.2 Å². The van der Waals surface area contributed by atoms with E-state index in [-0.39, 0.29) is 0 Å². The molecule has 6 heteroatoms. The molecule has 2 rings (SSSR count). The van der Waals surface area contributed by atoms with Gasteiger partial charge >= 0.3 is 0 Å². The third-order valence-corrected chi connectivity index (χ3v) is 5.00. The van der Waals surface area contributed by atoms with Crippen LogP contribution < -0.4 is 15.5 Å². The Morgan fingerprint density at radius 2 is 2.00 bits per heavy atom. The minimum atomic E-state index is -0.704. The van der Waals surface area contributed by atoms with Gasteiger partial charge < -0.3 is 20.6 Å². The zero-order valence-corrected chi connectivity index (χ0v) is 15.8. The summed E-state index contributed by atoms with van der Waals surface area (Å²) < 4.78 is 0. The first-order chi connectivity index (χ1) is 12.1. The minimum Gasteiger partial charge on any atom is -0.388 e. The molecule has 25 heavy (non-hydrogen) atoms. The van der Waals surface area contributed by atoms with Crippen molar-refractivity contribution in [3.8, 4) is 0 Å². The Bertz CT molecular complexity index is 522. The van der Waals surface area contributed by atoms with Gasteiger partial charge in [0.2, 0.25) is 0 Å². The van der Waals surface area contributed by atoms with Crippen LogP contribution in [0.3, 0.4) is 0 Å². The summed E-state index contributed by atoms with van der Waals surface area (Å²) in [7, 11) is 0. The Morgan fingerprint density at radius 3 is 2.56 bits per heavy atom. The molecule has 0 unspecified atom stereocenters. The fourth-order valence-corrected chi connectivity index (χ4v) is 3.01. The van der Waals surface area contributed by atoms with Crippen molar-refractivity contribution < 1.29 is 5.11 Å². The molecule has 0 atom stereocenters. The molecule has 0 spiro atoms. The largest absolute Gasteiger partial charge is 0.388 e. The number of guanidine groups is 1. The topological polar surface area (TPSA) is 72.8 Å². The summed E-state index contributed by atoms with van der Waals surface area (Å²) in [6, 6.07) is 6.44. The molecule has 0 aromatic carbocycles. The highest BCUT2D eigenvalue weighted by Crippen LogP contribution is 2.17. The Hall–Kier alpha value is -1.82. The smallest absolute Gasteiger partial charge is 0.191 e. The van der Waals surface area contributed by atoms with Crippen LogP contribution in [-0.2, 0) is 0 Å². The first kappa shape index (κ1) is 19.5. The van der Waals surface area contributed by atoms with Crippen molar-refractivity contribution in [2.24, 2.45) is 4.99 Å². The molecule has 140 valence electrons. The first-order valence-corrected chi connectivity index (χ1v) is 9.53. The second kappa shape index (κ2) is 9.61. The molecule has 2 heterocycles. The molecule has 0 amide bonds. The van der Waals surface area contributed by atoms with E-state index in [2.05, 4.69) is 38.5 Å².